The molecule has 0 spiro atoms. The van der Waals surface area contributed by atoms with Crippen LogP contribution in [-0.4, -0.2) is 67.7 Å². The monoisotopic (exact) mass is 306 g/mol. The normalized spacial score (nSPS) is 19.1. The molecule has 0 saturated carbocycles. The number of hydrogen-bond acceptors (Lipinski definition) is 4. The van der Waals surface area contributed by atoms with Crippen LogP contribution in [0.15, 0.2) is 0 Å². The smallest absolute Gasteiger partial charge is 0.309 e. The fourth-order valence-corrected chi connectivity index (χ4v) is 3.12. The second-order valence-electron chi connectivity index (χ2n) is 6.15. The zero-order valence-corrected chi connectivity index (χ0v) is 13.4. The van der Waals surface area contributed by atoms with Crippen LogP contribution in [0.4, 0.5) is 0 Å². The lowest BCUT2D eigenvalue weighted by molar-refractivity contribution is -0.147. The average Bonchev–Trinajstić information content (AvgIpc) is 2.34. The minimum Gasteiger partial charge on any atom is -0.481 e. The maximum absolute atomic E-state index is 11.4. The fourth-order valence-electron chi connectivity index (χ4n) is 2.29. The van der Waals surface area contributed by atoms with Crippen LogP contribution < -0.4 is 0 Å². The Labute approximate surface area is 121 Å². The molecule has 0 amide bonds. The van der Waals surface area contributed by atoms with Gasteiger partial charge in [0.2, 0.25) is 10.0 Å². The minimum absolute atomic E-state index is 0.555. The largest absolute Gasteiger partial charge is 0.481 e. The first-order chi connectivity index (χ1) is 9.13. The predicted octanol–water partition coefficient (Wildman–Crippen LogP) is 0.845. The Hall–Kier alpha value is -0.660. The summed E-state index contributed by atoms with van der Waals surface area (Å²) >= 11 is 0. The number of nitrogens with zero attached hydrogens (tertiary/aromatic N) is 2. The molecule has 0 aromatic carbocycles. The van der Waals surface area contributed by atoms with E-state index >= 15 is 0 Å². The van der Waals surface area contributed by atoms with E-state index in [2.05, 4.69) is 4.90 Å². The highest BCUT2D eigenvalue weighted by molar-refractivity contribution is 7.88. The second-order valence-corrected chi connectivity index (χ2v) is 8.13. The maximum Gasteiger partial charge on any atom is 0.309 e. The first kappa shape index (κ1) is 17.4. The van der Waals surface area contributed by atoms with E-state index in [4.69, 9.17) is 5.11 Å². The van der Waals surface area contributed by atoms with E-state index in [9.17, 15) is 13.2 Å². The third-order valence-corrected chi connectivity index (χ3v) is 5.21. The van der Waals surface area contributed by atoms with E-state index < -0.39 is 21.4 Å². The molecule has 0 aromatic rings. The molecular weight excluding hydrogens is 280 g/mol. The summed E-state index contributed by atoms with van der Waals surface area (Å²) in [6.45, 7) is 7.04. The Morgan fingerprint density at radius 3 is 2.15 bits per heavy atom. The van der Waals surface area contributed by atoms with Gasteiger partial charge in [0.05, 0.1) is 11.7 Å². The molecule has 7 heteroatoms. The first-order valence-electron chi connectivity index (χ1n) is 7.04. The van der Waals surface area contributed by atoms with Crippen LogP contribution in [0.25, 0.3) is 0 Å². The van der Waals surface area contributed by atoms with Gasteiger partial charge in [-0.15, -0.1) is 0 Å². The van der Waals surface area contributed by atoms with Crippen LogP contribution in [0.5, 0.6) is 0 Å². The molecule has 118 valence electrons. The Kier molecular flexibility index (Phi) is 5.97. The summed E-state index contributed by atoms with van der Waals surface area (Å²) < 4.78 is 24.3. The van der Waals surface area contributed by atoms with Gasteiger partial charge in [0, 0.05) is 26.2 Å². The van der Waals surface area contributed by atoms with Gasteiger partial charge < -0.3 is 10.0 Å². The van der Waals surface area contributed by atoms with Gasteiger partial charge in [0.25, 0.3) is 0 Å². The molecule has 1 saturated heterocycles. The van der Waals surface area contributed by atoms with Crippen molar-refractivity contribution in [2.45, 2.75) is 33.1 Å². The van der Waals surface area contributed by atoms with Crippen molar-refractivity contribution in [3.63, 3.8) is 0 Å². The Morgan fingerprint density at radius 2 is 1.70 bits per heavy atom. The van der Waals surface area contributed by atoms with Gasteiger partial charge in [-0.05, 0) is 33.2 Å². The SMILES string of the molecule is CC(C)(CCCCN1CCN(S(C)(=O)=O)CC1)C(=O)O. The molecule has 1 rings (SSSR count). The molecule has 0 aromatic heterocycles. The number of piperazine rings is 1. The lowest BCUT2D eigenvalue weighted by atomic mass is 9.87. The van der Waals surface area contributed by atoms with Crippen LogP contribution in [-0.2, 0) is 14.8 Å². The number of sulfonamides is 1. The van der Waals surface area contributed by atoms with Crippen molar-refractivity contribution >= 4 is 16.0 Å². The highest BCUT2D eigenvalue weighted by Crippen LogP contribution is 2.23. The van der Waals surface area contributed by atoms with E-state index in [1.807, 2.05) is 0 Å². The molecule has 1 N–H and O–H groups in total. The van der Waals surface area contributed by atoms with Gasteiger partial charge in [-0.3, -0.25) is 4.79 Å². The van der Waals surface area contributed by atoms with E-state index in [0.717, 1.165) is 32.5 Å². The standard InChI is InChI=1S/C13H26N2O4S/c1-13(2,12(16)17)6-4-5-7-14-8-10-15(11-9-14)20(3,18)19/h4-11H2,1-3H3,(H,16,17). The van der Waals surface area contributed by atoms with Gasteiger partial charge >= 0.3 is 5.97 Å². The number of unbranched alkanes of at least 4 members (excludes halogenated alkanes) is 1. The molecule has 0 bridgehead atoms. The number of aliphatic carboxylic acids is 1. The molecule has 20 heavy (non-hydrogen) atoms. The van der Waals surface area contributed by atoms with E-state index in [-0.39, 0.29) is 0 Å². The summed E-state index contributed by atoms with van der Waals surface area (Å²) in [6.07, 6.45) is 3.75. The molecule has 0 aliphatic carbocycles. The first-order valence-corrected chi connectivity index (χ1v) is 8.88. The van der Waals surface area contributed by atoms with Crippen molar-refractivity contribution < 1.29 is 18.3 Å². The summed E-state index contributed by atoms with van der Waals surface area (Å²) in [5.41, 5.74) is -0.658. The number of carbonyl (C=O) groups is 1. The quantitative estimate of drug-likeness (QED) is 0.705. The predicted molar refractivity (Wildman–Crippen MR) is 78.1 cm³/mol. The minimum atomic E-state index is -3.06. The fraction of sp³-hybridized carbons (Fsp3) is 0.923. The van der Waals surface area contributed by atoms with Gasteiger partial charge in [0.15, 0.2) is 0 Å². The molecule has 0 radical (unpaired) electrons. The lowest BCUT2D eigenvalue weighted by Gasteiger charge is -2.33. The molecule has 1 aliphatic heterocycles. The van der Waals surface area contributed by atoms with Gasteiger partial charge in [-0.1, -0.05) is 6.42 Å². The summed E-state index contributed by atoms with van der Waals surface area (Å²) in [6, 6.07) is 0. The van der Waals surface area contributed by atoms with Crippen LogP contribution in [0.2, 0.25) is 0 Å². The second kappa shape index (κ2) is 6.87. The summed E-state index contributed by atoms with van der Waals surface area (Å²) in [5.74, 6) is -0.751. The topological polar surface area (TPSA) is 77.9 Å². The van der Waals surface area contributed by atoms with Crippen molar-refractivity contribution in [2.75, 3.05) is 39.0 Å². The summed E-state index contributed by atoms with van der Waals surface area (Å²) in [4.78, 5) is 13.2. The zero-order valence-electron chi connectivity index (χ0n) is 12.6. The maximum atomic E-state index is 11.4. The van der Waals surface area contributed by atoms with Crippen molar-refractivity contribution in [1.29, 1.82) is 0 Å². The zero-order chi connectivity index (χ0) is 15.4. The summed E-state index contributed by atoms with van der Waals surface area (Å²) in [5, 5.41) is 9.02. The molecule has 0 unspecified atom stereocenters. The Balaban J connectivity index is 2.21. The van der Waals surface area contributed by atoms with Crippen LogP contribution in [0, 0.1) is 5.41 Å². The lowest BCUT2D eigenvalue weighted by Crippen LogP contribution is -2.48. The summed E-state index contributed by atoms with van der Waals surface area (Å²) in [7, 11) is -3.06. The molecule has 6 nitrogen and oxygen atoms in total. The number of carboxylic acid groups (broad SMARTS) is 1. The molecule has 1 heterocycles. The molecule has 0 atom stereocenters. The van der Waals surface area contributed by atoms with Crippen LogP contribution >= 0.6 is 0 Å². The van der Waals surface area contributed by atoms with Gasteiger partial charge in [-0.25, -0.2) is 8.42 Å². The van der Waals surface area contributed by atoms with E-state index in [1.54, 1.807) is 13.8 Å². The van der Waals surface area contributed by atoms with Crippen LogP contribution in [0.1, 0.15) is 33.1 Å². The molecular formula is C13H26N2O4S. The van der Waals surface area contributed by atoms with Crippen molar-refractivity contribution in [3.8, 4) is 0 Å². The third-order valence-electron chi connectivity index (χ3n) is 3.91. The average molecular weight is 306 g/mol. The molecule has 1 aliphatic rings. The van der Waals surface area contributed by atoms with E-state index in [1.165, 1.54) is 10.6 Å². The van der Waals surface area contributed by atoms with Crippen molar-refractivity contribution in [1.82, 2.24) is 9.21 Å². The van der Waals surface area contributed by atoms with E-state index in [0.29, 0.717) is 19.5 Å². The third kappa shape index (κ3) is 5.38. The van der Waals surface area contributed by atoms with Gasteiger partial charge in [0.1, 0.15) is 0 Å². The highest BCUT2D eigenvalue weighted by atomic mass is 32.2. The van der Waals surface area contributed by atoms with Crippen molar-refractivity contribution in [2.24, 2.45) is 5.41 Å². The van der Waals surface area contributed by atoms with Crippen molar-refractivity contribution in [3.05, 3.63) is 0 Å². The molecule has 1 fully saturated rings. The number of rotatable bonds is 7. The highest BCUT2D eigenvalue weighted by Gasteiger charge is 2.26. The number of carboxylic acids is 1. The Morgan fingerprint density at radius 1 is 1.15 bits per heavy atom. The van der Waals surface area contributed by atoms with Crippen LogP contribution in [0.3, 0.4) is 0 Å². The van der Waals surface area contributed by atoms with Gasteiger partial charge in [-0.2, -0.15) is 4.31 Å². The Bertz CT molecular complexity index is 426. The number of hydrogen-bond donors (Lipinski definition) is 1.